The first-order valence-corrected chi connectivity index (χ1v) is 7.16. The first-order valence-electron chi connectivity index (χ1n) is 6.78. The van der Waals surface area contributed by atoms with Gasteiger partial charge in [0.25, 0.3) is 5.91 Å². The first kappa shape index (κ1) is 18.5. The van der Waals surface area contributed by atoms with Crippen molar-refractivity contribution in [2.75, 3.05) is 0 Å². The van der Waals surface area contributed by atoms with Gasteiger partial charge in [-0.25, -0.2) is 0 Å². The summed E-state index contributed by atoms with van der Waals surface area (Å²) in [4.78, 5) is 17.8. The van der Waals surface area contributed by atoms with E-state index in [1.165, 1.54) is 4.90 Å². The van der Waals surface area contributed by atoms with Crippen LogP contribution in [0.1, 0.15) is 43.6 Å². The van der Waals surface area contributed by atoms with Gasteiger partial charge in [-0.3, -0.25) is 14.7 Å². The van der Waals surface area contributed by atoms with Crippen LogP contribution in [0, 0.1) is 0 Å². The summed E-state index contributed by atoms with van der Waals surface area (Å²) >= 11 is 6.06. The van der Waals surface area contributed by atoms with Gasteiger partial charge in [0.2, 0.25) is 5.29 Å². The maximum Gasteiger partial charge on any atom is 0.416 e. The van der Waals surface area contributed by atoms with Crippen molar-refractivity contribution >= 4 is 22.8 Å². The third kappa shape index (κ3) is 4.73. The van der Waals surface area contributed by atoms with Crippen molar-refractivity contribution in [3.05, 3.63) is 35.4 Å². The molecule has 22 heavy (non-hydrogen) atoms. The number of amides is 1. The summed E-state index contributed by atoms with van der Waals surface area (Å²) in [6.45, 7) is 7.12. The SMILES string of the molecule is CC(C)N=C(Cl)N(C(=O)c1ccc(C(F)(F)F)cc1)C(C)C. The Morgan fingerprint density at radius 2 is 1.64 bits per heavy atom. The molecule has 0 spiro atoms. The molecule has 0 saturated carbocycles. The fourth-order valence-corrected chi connectivity index (χ4v) is 2.21. The largest absolute Gasteiger partial charge is 0.416 e. The van der Waals surface area contributed by atoms with Crippen molar-refractivity contribution in [2.45, 2.75) is 46.0 Å². The number of hydrogen-bond donors (Lipinski definition) is 0. The number of nitrogens with zero attached hydrogens (tertiary/aromatic N) is 2. The second kappa shape index (κ2) is 7.13. The van der Waals surface area contributed by atoms with E-state index in [-0.39, 0.29) is 22.9 Å². The van der Waals surface area contributed by atoms with Crippen molar-refractivity contribution < 1.29 is 18.0 Å². The van der Waals surface area contributed by atoms with E-state index < -0.39 is 17.6 Å². The van der Waals surface area contributed by atoms with Crippen LogP contribution in [-0.2, 0) is 6.18 Å². The summed E-state index contributed by atoms with van der Waals surface area (Å²) in [6.07, 6.45) is -4.43. The minimum absolute atomic E-state index is 0.0231. The normalized spacial score (nSPS) is 12.9. The Morgan fingerprint density at radius 1 is 1.14 bits per heavy atom. The second-order valence-corrected chi connectivity index (χ2v) is 5.67. The van der Waals surface area contributed by atoms with Crippen molar-refractivity contribution in [1.82, 2.24) is 4.90 Å². The Balaban J connectivity index is 3.10. The summed E-state index contributed by atoms with van der Waals surface area (Å²) < 4.78 is 37.6. The van der Waals surface area contributed by atoms with E-state index in [0.29, 0.717) is 0 Å². The maximum atomic E-state index is 12.5. The fourth-order valence-electron chi connectivity index (χ4n) is 1.75. The van der Waals surface area contributed by atoms with Gasteiger partial charge in [0, 0.05) is 17.6 Å². The summed E-state index contributed by atoms with van der Waals surface area (Å²) in [5.41, 5.74) is -0.680. The lowest BCUT2D eigenvalue weighted by atomic mass is 10.1. The number of amidine groups is 1. The van der Waals surface area contributed by atoms with Crippen molar-refractivity contribution in [1.29, 1.82) is 0 Å². The molecular formula is C15H18ClF3N2O. The van der Waals surface area contributed by atoms with Crippen LogP contribution in [0.2, 0.25) is 0 Å². The highest BCUT2D eigenvalue weighted by Crippen LogP contribution is 2.29. The molecule has 0 bridgehead atoms. The van der Waals surface area contributed by atoms with E-state index in [2.05, 4.69) is 4.99 Å². The second-order valence-electron chi connectivity index (χ2n) is 5.34. The van der Waals surface area contributed by atoms with Gasteiger partial charge in [0.1, 0.15) is 0 Å². The lowest BCUT2D eigenvalue weighted by Crippen LogP contribution is -2.40. The Morgan fingerprint density at radius 3 is 2.00 bits per heavy atom. The summed E-state index contributed by atoms with van der Waals surface area (Å²) in [7, 11) is 0. The van der Waals surface area contributed by atoms with Crippen LogP contribution in [0.4, 0.5) is 13.2 Å². The quantitative estimate of drug-likeness (QED) is 0.453. The molecule has 0 radical (unpaired) electrons. The number of benzene rings is 1. The van der Waals surface area contributed by atoms with Crippen LogP contribution in [-0.4, -0.2) is 28.2 Å². The number of carbonyl (C=O) groups is 1. The lowest BCUT2D eigenvalue weighted by molar-refractivity contribution is -0.137. The zero-order chi connectivity index (χ0) is 17.1. The highest BCUT2D eigenvalue weighted by Gasteiger charge is 2.31. The molecule has 0 saturated heterocycles. The molecule has 0 heterocycles. The Kier molecular flexibility index (Phi) is 6.00. The zero-order valence-corrected chi connectivity index (χ0v) is 13.5. The standard InChI is InChI=1S/C15H18ClF3N2O/c1-9(2)20-14(16)21(10(3)4)13(22)11-5-7-12(8-6-11)15(17,18)19/h5-10H,1-4H3. The molecule has 1 amide bonds. The van der Waals surface area contributed by atoms with Crippen molar-refractivity contribution in [3.63, 3.8) is 0 Å². The van der Waals surface area contributed by atoms with Crippen LogP contribution in [0.15, 0.2) is 29.3 Å². The number of alkyl halides is 3. The molecular weight excluding hydrogens is 317 g/mol. The van der Waals surface area contributed by atoms with Crippen LogP contribution in [0.5, 0.6) is 0 Å². The van der Waals surface area contributed by atoms with E-state index in [4.69, 9.17) is 11.6 Å². The molecule has 1 rings (SSSR count). The van der Waals surface area contributed by atoms with Gasteiger partial charge in [-0.15, -0.1) is 0 Å². The third-order valence-corrected chi connectivity index (χ3v) is 3.04. The minimum atomic E-state index is -4.43. The Bertz CT molecular complexity index is 551. The molecule has 0 aromatic heterocycles. The van der Waals surface area contributed by atoms with Crippen LogP contribution in [0.3, 0.4) is 0 Å². The van der Waals surface area contributed by atoms with Gasteiger partial charge in [-0.1, -0.05) is 0 Å². The average molecular weight is 335 g/mol. The molecule has 0 unspecified atom stereocenters. The molecule has 7 heteroatoms. The summed E-state index contributed by atoms with van der Waals surface area (Å²) in [6, 6.07) is 3.65. The average Bonchev–Trinajstić information content (AvgIpc) is 2.36. The Hall–Kier alpha value is -1.56. The smallest absolute Gasteiger partial charge is 0.281 e. The molecule has 0 N–H and O–H groups in total. The number of halogens is 4. The predicted molar refractivity (Wildman–Crippen MR) is 81.2 cm³/mol. The van der Waals surface area contributed by atoms with Crippen molar-refractivity contribution in [3.8, 4) is 0 Å². The Labute approximate surface area is 132 Å². The minimum Gasteiger partial charge on any atom is -0.281 e. The molecule has 0 aliphatic carbocycles. The monoisotopic (exact) mass is 334 g/mol. The molecule has 122 valence electrons. The van der Waals surface area contributed by atoms with E-state index in [9.17, 15) is 18.0 Å². The van der Waals surface area contributed by atoms with E-state index in [1.54, 1.807) is 13.8 Å². The maximum absolute atomic E-state index is 12.5. The number of hydrogen-bond acceptors (Lipinski definition) is 2. The fraction of sp³-hybridized carbons (Fsp3) is 0.467. The van der Waals surface area contributed by atoms with Gasteiger partial charge in [0.05, 0.1) is 5.56 Å². The van der Waals surface area contributed by atoms with Gasteiger partial charge in [-0.05, 0) is 63.6 Å². The molecule has 0 atom stereocenters. The van der Waals surface area contributed by atoms with Gasteiger partial charge >= 0.3 is 6.18 Å². The summed E-state index contributed by atoms with van der Waals surface area (Å²) in [5.74, 6) is -0.488. The van der Waals surface area contributed by atoms with Crippen molar-refractivity contribution in [2.24, 2.45) is 4.99 Å². The third-order valence-electron chi connectivity index (χ3n) is 2.76. The first-order chi connectivity index (χ1) is 10.0. The van der Waals surface area contributed by atoms with Crippen LogP contribution >= 0.6 is 11.6 Å². The topological polar surface area (TPSA) is 32.7 Å². The predicted octanol–water partition coefficient (Wildman–Crippen LogP) is 4.56. The number of rotatable bonds is 3. The number of aliphatic imine (C=N–C) groups is 1. The van der Waals surface area contributed by atoms with E-state index in [1.807, 2.05) is 13.8 Å². The molecule has 1 aromatic carbocycles. The van der Waals surface area contributed by atoms with Gasteiger partial charge in [-0.2, -0.15) is 13.2 Å². The van der Waals surface area contributed by atoms with Crippen LogP contribution in [0.25, 0.3) is 0 Å². The zero-order valence-electron chi connectivity index (χ0n) is 12.8. The molecule has 0 aliphatic rings. The summed E-state index contributed by atoms with van der Waals surface area (Å²) in [5, 5.41) is 0.0231. The molecule has 1 aromatic rings. The molecule has 3 nitrogen and oxygen atoms in total. The van der Waals surface area contributed by atoms with E-state index in [0.717, 1.165) is 24.3 Å². The van der Waals surface area contributed by atoms with E-state index >= 15 is 0 Å². The van der Waals surface area contributed by atoms with Gasteiger partial charge < -0.3 is 0 Å². The molecule has 0 fully saturated rings. The highest BCUT2D eigenvalue weighted by atomic mass is 35.5. The molecule has 0 aliphatic heterocycles. The number of carbonyl (C=O) groups excluding carboxylic acids is 1. The highest BCUT2D eigenvalue weighted by molar-refractivity contribution is 6.66. The van der Waals surface area contributed by atoms with Crippen LogP contribution < -0.4 is 0 Å². The lowest BCUT2D eigenvalue weighted by Gasteiger charge is -2.25. The van der Waals surface area contributed by atoms with Gasteiger partial charge in [0.15, 0.2) is 0 Å².